The number of aliphatic hydroxyl groups is 1. The maximum Gasteiger partial charge on any atom is 0.165 e. The van der Waals surface area contributed by atoms with Gasteiger partial charge < -0.3 is 16.2 Å². The molecule has 0 radical (unpaired) electrons. The van der Waals surface area contributed by atoms with E-state index in [-0.39, 0.29) is 11.7 Å². The molecule has 0 amide bonds. The van der Waals surface area contributed by atoms with Crippen LogP contribution >= 0.6 is 0 Å². The maximum absolute atomic E-state index is 12.6. The lowest BCUT2D eigenvalue weighted by Crippen LogP contribution is -2.38. The van der Waals surface area contributed by atoms with Crippen molar-refractivity contribution in [2.75, 3.05) is 5.73 Å². The van der Waals surface area contributed by atoms with Crippen LogP contribution in [0.4, 0.5) is 5.82 Å². The monoisotopic (exact) mass is 448 g/mol. The number of Topliss-reactive ketones (excluding diaryl/α,β-unsaturated/α-hetero) is 1. The number of piperidine rings is 1. The van der Waals surface area contributed by atoms with Crippen molar-refractivity contribution in [3.8, 4) is 11.1 Å². The second kappa shape index (κ2) is 8.18. The van der Waals surface area contributed by atoms with Crippen molar-refractivity contribution >= 4 is 17.2 Å². The minimum absolute atomic E-state index is 0.0794. The number of carbonyl (C=O) groups excluding carboxylic acids is 1. The molecule has 0 aromatic carbocycles. The number of nitrogen functional groups attached to an aromatic ring is 1. The number of carbonyl (C=O) groups is 1. The topological polar surface area (TPSA) is 118 Å². The molecule has 2 fully saturated rings. The SMILES string of the molecule is CCC(O)(CC)c1ccc(-c2cnn3c(N)c(C(C)=O)c(C4C[C@H]5CC[C@@H](C4)N5)nc23)cn1. The van der Waals surface area contributed by atoms with Gasteiger partial charge >= 0.3 is 0 Å². The summed E-state index contributed by atoms with van der Waals surface area (Å²) in [6, 6.07) is 4.76. The van der Waals surface area contributed by atoms with Crippen LogP contribution < -0.4 is 11.1 Å². The third kappa shape index (κ3) is 3.61. The molecule has 5 heterocycles. The minimum Gasteiger partial charge on any atom is -0.384 e. The van der Waals surface area contributed by atoms with Gasteiger partial charge in [-0.25, -0.2) is 4.98 Å². The predicted molar refractivity (Wildman–Crippen MR) is 127 cm³/mol. The Morgan fingerprint density at radius 3 is 2.48 bits per heavy atom. The zero-order valence-electron chi connectivity index (χ0n) is 19.5. The van der Waals surface area contributed by atoms with Gasteiger partial charge in [0.15, 0.2) is 11.4 Å². The molecule has 0 saturated carbocycles. The van der Waals surface area contributed by atoms with E-state index in [4.69, 9.17) is 10.7 Å². The second-order valence-corrected chi connectivity index (χ2v) is 9.58. The first-order valence-corrected chi connectivity index (χ1v) is 12.0. The highest BCUT2D eigenvalue weighted by molar-refractivity contribution is 6.00. The highest BCUT2D eigenvalue weighted by Crippen LogP contribution is 2.40. The van der Waals surface area contributed by atoms with E-state index in [0.29, 0.717) is 47.6 Å². The van der Waals surface area contributed by atoms with Gasteiger partial charge in [-0.2, -0.15) is 9.61 Å². The summed E-state index contributed by atoms with van der Waals surface area (Å²) in [6.45, 7) is 5.46. The number of pyridine rings is 1. The van der Waals surface area contributed by atoms with E-state index in [9.17, 15) is 9.90 Å². The largest absolute Gasteiger partial charge is 0.384 e. The predicted octanol–water partition coefficient (Wildman–Crippen LogP) is 3.58. The number of ketones is 1. The number of rotatable bonds is 6. The minimum atomic E-state index is -0.930. The molecule has 1 unspecified atom stereocenters. The van der Waals surface area contributed by atoms with Crippen LogP contribution in [0.2, 0.25) is 0 Å². The van der Waals surface area contributed by atoms with Gasteiger partial charge in [-0.1, -0.05) is 19.9 Å². The van der Waals surface area contributed by atoms with Crippen molar-refractivity contribution in [1.29, 1.82) is 0 Å². The number of nitrogens with zero attached hydrogens (tertiary/aromatic N) is 4. The number of anilines is 1. The van der Waals surface area contributed by atoms with Crippen LogP contribution in [-0.2, 0) is 5.60 Å². The quantitative estimate of drug-likeness (QED) is 0.493. The average molecular weight is 449 g/mol. The molecule has 2 saturated heterocycles. The number of nitrogens with one attached hydrogen (secondary N) is 1. The summed E-state index contributed by atoms with van der Waals surface area (Å²) < 4.78 is 1.56. The van der Waals surface area contributed by atoms with Gasteiger partial charge in [0, 0.05) is 35.3 Å². The maximum atomic E-state index is 12.6. The highest BCUT2D eigenvalue weighted by Gasteiger charge is 2.37. The Kier molecular flexibility index (Phi) is 5.45. The molecule has 5 rings (SSSR count). The lowest BCUT2D eigenvalue weighted by atomic mass is 9.86. The lowest BCUT2D eigenvalue weighted by molar-refractivity contribution is 0.0240. The molecule has 8 heteroatoms. The van der Waals surface area contributed by atoms with Gasteiger partial charge in [-0.3, -0.25) is 9.78 Å². The molecule has 0 spiro atoms. The lowest BCUT2D eigenvalue weighted by Gasteiger charge is -2.30. The smallest absolute Gasteiger partial charge is 0.165 e. The number of hydrogen-bond acceptors (Lipinski definition) is 7. The Morgan fingerprint density at radius 2 is 1.91 bits per heavy atom. The van der Waals surface area contributed by atoms with Crippen LogP contribution in [0.25, 0.3) is 16.8 Å². The van der Waals surface area contributed by atoms with E-state index in [2.05, 4.69) is 15.4 Å². The van der Waals surface area contributed by atoms with Crippen molar-refractivity contribution in [2.45, 2.75) is 82.9 Å². The average Bonchev–Trinajstić information content (AvgIpc) is 3.40. The molecule has 3 atom stereocenters. The van der Waals surface area contributed by atoms with Gasteiger partial charge in [0.2, 0.25) is 0 Å². The van der Waals surface area contributed by atoms with E-state index < -0.39 is 5.60 Å². The Morgan fingerprint density at radius 1 is 1.21 bits per heavy atom. The third-order valence-corrected chi connectivity index (χ3v) is 7.64. The molecule has 3 aromatic rings. The van der Waals surface area contributed by atoms with Crippen LogP contribution in [-0.4, -0.2) is 42.6 Å². The Balaban J connectivity index is 1.60. The first-order chi connectivity index (χ1) is 15.8. The van der Waals surface area contributed by atoms with Crippen molar-refractivity contribution in [2.24, 2.45) is 0 Å². The molecule has 0 aliphatic carbocycles. The van der Waals surface area contributed by atoms with Crippen LogP contribution in [0, 0.1) is 0 Å². The van der Waals surface area contributed by atoms with E-state index in [1.165, 1.54) is 12.8 Å². The summed E-state index contributed by atoms with van der Waals surface area (Å²) in [5.41, 5.74) is 9.81. The summed E-state index contributed by atoms with van der Waals surface area (Å²) in [4.78, 5) is 22.2. The Labute approximate surface area is 193 Å². The standard InChI is InChI=1S/C25H32N6O2/c1-4-25(33,5-2)20-9-6-15(12-27-20)19-13-28-31-23(26)21(14(3)32)22(30-24(19)31)16-10-17-7-8-18(11-16)29-17/h6,9,12-13,16-18,29,33H,4-5,7-8,10-11,26H2,1-3H3/t16?,17-,18+. The fraction of sp³-hybridized carbons (Fsp3) is 0.520. The Bertz CT molecular complexity index is 1190. The van der Waals surface area contributed by atoms with Crippen molar-refractivity contribution in [1.82, 2.24) is 24.9 Å². The summed E-state index contributed by atoms with van der Waals surface area (Å²) in [7, 11) is 0. The molecule has 8 nitrogen and oxygen atoms in total. The van der Waals surface area contributed by atoms with Gasteiger partial charge in [0.25, 0.3) is 0 Å². The summed E-state index contributed by atoms with van der Waals surface area (Å²) in [6.07, 6.45) is 8.95. The van der Waals surface area contributed by atoms with Crippen LogP contribution in [0.1, 0.15) is 87.0 Å². The number of aromatic nitrogens is 4. The van der Waals surface area contributed by atoms with Crippen LogP contribution in [0.3, 0.4) is 0 Å². The first-order valence-electron chi connectivity index (χ1n) is 12.0. The molecule has 174 valence electrons. The van der Waals surface area contributed by atoms with E-state index in [0.717, 1.165) is 29.7 Å². The van der Waals surface area contributed by atoms with Crippen molar-refractivity contribution < 1.29 is 9.90 Å². The van der Waals surface area contributed by atoms with E-state index in [1.54, 1.807) is 23.8 Å². The third-order valence-electron chi connectivity index (χ3n) is 7.64. The van der Waals surface area contributed by atoms with Crippen LogP contribution in [0.5, 0.6) is 0 Å². The number of fused-ring (bicyclic) bond motifs is 3. The highest BCUT2D eigenvalue weighted by atomic mass is 16.3. The summed E-state index contributed by atoms with van der Waals surface area (Å²) in [5.74, 6) is 0.460. The zero-order valence-corrected chi connectivity index (χ0v) is 19.5. The molecule has 2 bridgehead atoms. The zero-order chi connectivity index (χ0) is 23.3. The van der Waals surface area contributed by atoms with E-state index >= 15 is 0 Å². The normalized spacial score (nSPS) is 22.7. The second-order valence-electron chi connectivity index (χ2n) is 9.58. The molecule has 2 aliphatic heterocycles. The fourth-order valence-electron chi connectivity index (χ4n) is 5.61. The Hall–Kier alpha value is -2.84. The van der Waals surface area contributed by atoms with Crippen LogP contribution in [0.15, 0.2) is 24.5 Å². The molecule has 3 aromatic heterocycles. The van der Waals surface area contributed by atoms with Gasteiger partial charge in [-0.05, 0) is 51.5 Å². The van der Waals surface area contributed by atoms with E-state index in [1.807, 2.05) is 26.0 Å². The van der Waals surface area contributed by atoms with Gasteiger partial charge in [-0.15, -0.1) is 0 Å². The number of nitrogens with two attached hydrogens (primary N) is 1. The van der Waals surface area contributed by atoms with Crippen molar-refractivity contribution in [3.63, 3.8) is 0 Å². The first kappa shape index (κ1) is 22.0. The fourth-order valence-corrected chi connectivity index (χ4v) is 5.61. The van der Waals surface area contributed by atoms with Gasteiger partial charge in [0.1, 0.15) is 11.4 Å². The molecular formula is C25H32N6O2. The molecule has 33 heavy (non-hydrogen) atoms. The van der Waals surface area contributed by atoms with Crippen molar-refractivity contribution in [3.05, 3.63) is 41.5 Å². The molecule has 2 aliphatic rings. The summed E-state index contributed by atoms with van der Waals surface area (Å²) >= 11 is 0. The summed E-state index contributed by atoms with van der Waals surface area (Å²) in [5, 5.41) is 18.9. The molecule has 4 N–H and O–H groups in total. The number of hydrogen-bond donors (Lipinski definition) is 3. The van der Waals surface area contributed by atoms with Gasteiger partial charge in [0.05, 0.1) is 23.1 Å². The molecular weight excluding hydrogens is 416 g/mol.